The normalized spacial score (nSPS) is 22.2. The molecule has 6 amide bonds. The van der Waals surface area contributed by atoms with E-state index in [1.54, 1.807) is 6.92 Å². The van der Waals surface area contributed by atoms with Crippen LogP contribution in [-0.2, 0) is 84.9 Å². The molecule has 6 aromatic rings. The number of likely N-dealkylation sites (N-methyl/N-ethyl adjacent to an activating group) is 4. The van der Waals surface area contributed by atoms with Crippen LogP contribution in [0.25, 0.3) is 0 Å². The molecule has 0 spiro atoms. The molecule has 0 bridgehead atoms. The first-order valence-corrected chi connectivity index (χ1v) is 43.3. The lowest BCUT2D eigenvalue weighted by Gasteiger charge is -2.42. The van der Waals surface area contributed by atoms with Crippen LogP contribution >= 0.6 is 0 Å². The Kier molecular flexibility index (Phi) is 31.5. The maximum atomic E-state index is 14.5. The SMILES string of the molecule is COc1cc(COC(=O)N(C)CCN(C)C(=O)Oc2c(COC(=O)N[C@H]3C[C@H](O[C@H]4C[C@](O)(C(=O)CO)Cc5c(O)c6c(c(O)c54)C(=O)c4c(OC)cccc4C6=O)O[C@@H](C)[C@H]3O)cc(C)cc2COC(=O)N[C@H]2C[C@H](O[C@H]3C[C@](O)(C(=O)CO)Cc4c(O)c5c(c(O)c43)C(=O)c3c(OC)cccc3C5=O)O[C@@H](C)[C@H]2O)cc(OC)c1OC(=O)N(C)CCN(C)C(=O)OCCC(C)(O)CC(C)=O. The van der Waals surface area contributed by atoms with Crippen LogP contribution in [-0.4, -0.2) is 321 Å². The number of hydrogen-bond donors (Lipinski definition) is 13. The molecule has 2 heterocycles. The molecule has 13 N–H and O–H groups in total. The molecule has 137 heavy (non-hydrogen) atoms. The molecule has 0 aromatic heterocycles. The van der Waals surface area contributed by atoms with Gasteiger partial charge in [0.25, 0.3) is 0 Å². The third kappa shape index (κ3) is 21.6. The fraction of sp³-hybridized carbons (Fsp3) is 0.473. The number of aliphatic hydroxyl groups is 7. The number of ketones is 7. The summed E-state index contributed by atoms with van der Waals surface area (Å²) >= 11 is 0. The van der Waals surface area contributed by atoms with Gasteiger partial charge >= 0.3 is 36.6 Å². The van der Waals surface area contributed by atoms with E-state index in [1.165, 1.54) is 150 Å². The smallest absolute Gasteiger partial charge is 0.415 e. The molecule has 2 saturated heterocycles. The zero-order valence-corrected chi connectivity index (χ0v) is 77.0. The van der Waals surface area contributed by atoms with Crippen LogP contribution in [0, 0.1) is 6.92 Å². The third-order valence-electron chi connectivity index (χ3n) is 24.8. The van der Waals surface area contributed by atoms with E-state index >= 15 is 0 Å². The van der Waals surface area contributed by atoms with Gasteiger partial charge in [-0.3, -0.25) is 33.6 Å². The number of phenolic OH excluding ortho intramolecular Hbond substituents is 4. The van der Waals surface area contributed by atoms with Crippen molar-refractivity contribution in [2.45, 2.75) is 184 Å². The summed E-state index contributed by atoms with van der Waals surface area (Å²) in [5.74, 6) is -10.6. The van der Waals surface area contributed by atoms with E-state index in [0.717, 1.165) is 14.7 Å². The quantitative estimate of drug-likeness (QED) is 0.0192. The molecule has 0 radical (unpaired) electrons. The largest absolute Gasteiger partial charge is 0.507 e. The van der Waals surface area contributed by atoms with Crippen molar-refractivity contribution >= 4 is 77.0 Å². The summed E-state index contributed by atoms with van der Waals surface area (Å²) in [6.07, 6.45) is -22.6. The maximum absolute atomic E-state index is 14.5. The third-order valence-corrected chi connectivity index (χ3v) is 24.8. The fourth-order valence-corrected chi connectivity index (χ4v) is 17.4. The predicted molar refractivity (Wildman–Crippen MR) is 467 cm³/mol. The maximum Gasteiger partial charge on any atom is 0.415 e. The molecule has 44 heteroatoms. The summed E-state index contributed by atoms with van der Waals surface area (Å²) in [5, 5.41) is 131. The average Bonchev–Trinajstić information content (AvgIpc) is 0.712. The molecular weight excluding hydrogens is 1810 g/mol. The van der Waals surface area contributed by atoms with Crippen molar-refractivity contribution in [3.8, 4) is 57.5 Å². The first kappa shape index (κ1) is 103. The number of amides is 6. The van der Waals surface area contributed by atoms with Crippen LogP contribution in [0.15, 0.2) is 60.7 Å². The van der Waals surface area contributed by atoms with E-state index in [-0.39, 0.29) is 136 Å². The second kappa shape index (κ2) is 42.1. The predicted octanol–water partition coefficient (Wildman–Crippen LogP) is 4.90. The zero-order chi connectivity index (χ0) is 100. The van der Waals surface area contributed by atoms with Crippen LogP contribution in [0.3, 0.4) is 0 Å². The number of aromatic hydroxyl groups is 4. The number of ether oxygens (including phenoxy) is 14. The Morgan fingerprint density at radius 2 is 0.883 bits per heavy atom. The number of rotatable bonds is 33. The Labute approximate surface area is 782 Å². The van der Waals surface area contributed by atoms with Gasteiger partial charge in [0.2, 0.25) is 17.3 Å². The summed E-state index contributed by atoms with van der Waals surface area (Å²) in [4.78, 5) is 183. The van der Waals surface area contributed by atoms with Crippen LogP contribution in [0.1, 0.15) is 187 Å². The highest BCUT2D eigenvalue weighted by molar-refractivity contribution is 6.32. The first-order chi connectivity index (χ1) is 64.7. The minimum Gasteiger partial charge on any atom is -0.507 e. The van der Waals surface area contributed by atoms with Gasteiger partial charge in [-0.05, 0) is 76.6 Å². The summed E-state index contributed by atoms with van der Waals surface area (Å²) in [7, 11) is 10.5. The molecule has 13 atom stereocenters. The molecule has 6 aromatic carbocycles. The molecule has 44 nitrogen and oxygen atoms in total. The highest BCUT2D eigenvalue weighted by atomic mass is 16.7. The molecule has 6 aliphatic rings. The van der Waals surface area contributed by atoms with E-state index < -0.39 is 277 Å². The number of hydrogen-bond acceptors (Lipinski definition) is 38. The van der Waals surface area contributed by atoms with E-state index in [9.17, 15) is 119 Å². The molecular formula is C93H108N6O38. The lowest BCUT2D eigenvalue weighted by molar-refractivity contribution is -0.249. The van der Waals surface area contributed by atoms with Crippen molar-refractivity contribution < 1.29 is 185 Å². The van der Waals surface area contributed by atoms with Crippen molar-refractivity contribution in [1.29, 1.82) is 0 Å². The van der Waals surface area contributed by atoms with E-state index in [2.05, 4.69) is 10.6 Å². The number of aryl methyl sites for hydroxylation is 1. The van der Waals surface area contributed by atoms with Crippen LogP contribution < -0.4 is 39.1 Å². The summed E-state index contributed by atoms with van der Waals surface area (Å²) in [6, 6.07) is 11.1. The number of methoxy groups -OCH3 is 4. The Hall–Kier alpha value is -13.4. The van der Waals surface area contributed by atoms with Crippen molar-refractivity contribution in [1.82, 2.24) is 30.2 Å². The Bertz CT molecular complexity index is 5500. The van der Waals surface area contributed by atoms with Gasteiger partial charge in [-0.25, -0.2) is 28.8 Å². The average molecular weight is 1920 g/mol. The number of fused-ring (bicyclic) bond motifs is 6. The van der Waals surface area contributed by atoms with Crippen molar-refractivity contribution in [3.63, 3.8) is 0 Å². The van der Waals surface area contributed by atoms with Gasteiger partial charge in [-0.1, -0.05) is 29.8 Å². The lowest BCUT2D eigenvalue weighted by Crippen LogP contribution is -2.56. The molecule has 2 aliphatic heterocycles. The number of nitrogens with one attached hydrogen (secondary N) is 2. The van der Waals surface area contributed by atoms with Gasteiger partial charge in [-0.2, -0.15) is 0 Å². The van der Waals surface area contributed by atoms with Gasteiger partial charge in [0, 0.05) is 150 Å². The lowest BCUT2D eigenvalue weighted by atomic mass is 9.72. The van der Waals surface area contributed by atoms with E-state index in [0.29, 0.717) is 5.56 Å². The Morgan fingerprint density at radius 3 is 1.27 bits per heavy atom. The minimum atomic E-state index is -2.55. The van der Waals surface area contributed by atoms with Gasteiger partial charge < -0.3 is 153 Å². The van der Waals surface area contributed by atoms with Gasteiger partial charge in [0.1, 0.15) is 102 Å². The van der Waals surface area contributed by atoms with Crippen LogP contribution in [0.4, 0.5) is 28.8 Å². The van der Waals surface area contributed by atoms with Crippen LogP contribution in [0.5, 0.6) is 57.5 Å². The highest BCUT2D eigenvalue weighted by Crippen LogP contribution is 2.56. The number of carbonyl (C=O) groups is 13. The minimum absolute atomic E-state index is 0.000636. The molecule has 1 unspecified atom stereocenters. The number of Topliss-reactive ketones (excluding diaryl/α,β-unsaturated/α-hetero) is 3. The van der Waals surface area contributed by atoms with Crippen molar-refractivity contribution in [2.75, 3.05) is 103 Å². The summed E-state index contributed by atoms with van der Waals surface area (Å²) in [6.45, 7) is 1.90. The van der Waals surface area contributed by atoms with Crippen LogP contribution in [0.2, 0.25) is 0 Å². The van der Waals surface area contributed by atoms with E-state index in [1.807, 2.05) is 0 Å². The molecule has 738 valence electrons. The highest BCUT2D eigenvalue weighted by Gasteiger charge is 2.54. The fourth-order valence-electron chi connectivity index (χ4n) is 17.4. The molecule has 2 fully saturated rings. The monoisotopic (exact) mass is 1920 g/mol. The van der Waals surface area contributed by atoms with Gasteiger partial charge in [0.05, 0.1) is 111 Å². The second-order valence-electron chi connectivity index (χ2n) is 34.6. The molecule has 12 rings (SSSR count). The van der Waals surface area contributed by atoms with Gasteiger partial charge in [-0.15, -0.1) is 0 Å². The van der Waals surface area contributed by atoms with Gasteiger partial charge in [0.15, 0.2) is 47.2 Å². The number of phenols is 4. The van der Waals surface area contributed by atoms with Crippen molar-refractivity contribution in [2.24, 2.45) is 0 Å². The van der Waals surface area contributed by atoms with E-state index in [4.69, 9.17) is 66.3 Å². The number of aliphatic hydroxyl groups excluding tert-OH is 4. The zero-order valence-electron chi connectivity index (χ0n) is 77.0. The van der Waals surface area contributed by atoms with Crippen molar-refractivity contribution in [3.05, 3.63) is 150 Å². The second-order valence-corrected chi connectivity index (χ2v) is 34.6. The number of alkyl carbamates (subject to hydrolysis) is 2. The Morgan fingerprint density at radius 1 is 0.504 bits per heavy atom. The Balaban J connectivity index is 0.748. The first-order valence-electron chi connectivity index (χ1n) is 43.3. The topological polar surface area (TPSA) is 611 Å². The number of nitrogens with zero attached hydrogens (tertiary/aromatic N) is 4. The number of carbonyl (C=O) groups excluding carboxylic acids is 13. The number of benzene rings is 6. The standard InChI is InChI=1S/C93H108N6O38/c1-42-26-47(40-129-85(115)94-53-30-63(132-44(3)73(53)105)134-59-35-92(122,61(103)37-100)33-51-67(59)81(113)71-69(77(51)109)75(107)49-16-14-18-55(124-10)65(49)79(71)111)83(136-89(119)98(8)24-22-97(7)88(118)131-39-46-28-57(126-12)84(58(29-46)127-13)137-90(120)99(9)23-21-96(6)87(117)128-25-20-91(5,121)32-43(2)102)48(27-42)41-130-86(116)95-54-31-64(133-45(4)74(54)106)135-60-36-93(123,62(104)38-101)34-52-68(60)82(114)72-70(78(52)110)76(108)50-17-15-19-56(125-11)66(50)80(72)112/h14-19,26-29,44-45,53-54,59-60,63-64,73-74,100-101,105-106,109-110,113-114,121-123H,20-25,30-41H2,1-13H3,(H,94,115)(H,95,116)/t44-,45-,53-,54-,59-,60-,63-,64-,73+,74+,91?,92-,93-/m0/s1. The summed E-state index contributed by atoms with van der Waals surface area (Å²) < 4.78 is 80.8. The summed E-state index contributed by atoms with van der Waals surface area (Å²) in [5.41, 5.74) is -11.1. The molecule has 4 aliphatic carbocycles. The molecule has 0 saturated carbocycles.